The van der Waals surface area contributed by atoms with Crippen LogP contribution in [-0.2, 0) is 0 Å². The quantitative estimate of drug-likeness (QED) is 0.697. The fraction of sp³-hybridized carbons (Fsp3) is 0. The molecule has 4 rings (SSSR count). The summed E-state index contributed by atoms with van der Waals surface area (Å²) in [5, 5.41) is 2.88. The van der Waals surface area contributed by atoms with Gasteiger partial charge in [-0.2, -0.15) is 0 Å². The molecule has 0 aliphatic carbocycles. The number of halogens is 1. The van der Waals surface area contributed by atoms with Crippen LogP contribution in [0, 0.1) is 0 Å². The van der Waals surface area contributed by atoms with E-state index in [1.54, 1.807) is 35.8 Å². The zero-order valence-corrected chi connectivity index (χ0v) is 14.7. The van der Waals surface area contributed by atoms with Gasteiger partial charge in [-0.15, -0.1) is 11.3 Å². The Kier molecular flexibility index (Phi) is 4.02. The molecule has 0 fully saturated rings. The van der Waals surface area contributed by atoms with E-state index in [2.05, 4.69) is 10.3 Å². The maximum Gasteiger partial charge on any atom is 0.267 e. The number of hydrogen-bond donors (Lipinski definition) is 1. The molecule has 1 aromatic heterocycles. The number of amides is 3. The van der Waals surface area contributed by atoms with Crippen molar-refractivity contribution in [2.24, 2.45) is 0 Å². The number of benzene rings is 2. The van der Waals surface area contributed by atoms with Gasteiger partial charge in [-0.05, 0) is 30.3 Å². The van der Waals surface area contributed by atoms with Crippen LogP contribution in [0.3, 0.4) is 0 Å². The third-order valence-corrected chi connectivity index (χ3v) is 4.97. The average Bonchev–Trinajstić information content (AvgIpc) is 3.25. The van der Waals surface area contributed by atoms with Crippen LogP contribution in [0.4, 0.5) is 11.4 Å². The summed E-state index contributed by atoms with van der Waals surface area (Å²) in [5.41, 5.74) is 2.97. The fourth-order valence-corrected chi connectivity index (χ4v) is 3.47. The number of aromatic nitrogens is 1. The Hall–Kier alpha value is -3.03. The van der Waals surface area contributed by atoms with Crippen molar-refractivity contribution in [3.63, 3.8) is 0 Å². The number of thiazole rings is 1. The fourth-order valence-electron chi connectivity index (χ4n) is 2.69. The van der Waals surface area contributed by atoms with Gasteiger partial charge in [-0.1, -0.05) is 23.7 Å². The van der Waals surface area contributed by atoms with Crippen LogP contribution in [-0.4, -0.2) is 22.7 Å². The standard InChI is InChI=1S/C18H10ClN3O3S/c19-13-7-10(21-16(23)15-8-20-9-26-15)5-6-14(13)22-17(24)11-3-1-2-4-12(11)18(22)25/h1-9H,(H,21,23). The highest BCUT2D eigenvalue weighted by Gasteiger charge is 2.37. The summed E-state index contributed by atoms with van der Waals surface area (Å²) in [6.07, 6.45) is 1.47. The Morgan fingerprint density at radius 2 is 1.77 bits per heavy atom. The second-order valence-electron chi connectivity index (χ2n) is 5.48. The van der Waals surface area contributed by atoms with Crippen molar-refractivity contribution < 1.29 is 14.4 Å². The van der Waals surface area contributed by atoms with Gasteiger partial charge in [-0.3, -0.25) is 19.4 Å². The van der Waals surface area contributed by atoms with E-state index in [1.165, 1.54) is 29.7 Å². The lowest BCUT2D eigenvalue weighted by Crippen LogP contribution is -2.29. The molecule has 6 nitrogen and oxygen atoms in total. The first-order valence-corrected chi connectivity index (χ1v) is 8.79. The molecule has 2 aromatic carbocycles. The number of nitrogens with zero attached hydrogens (tertiary/aromatic N) is 2. The van der Waals surface area contributed by atoms with Gasteiger partial charge >= 0.3 is 0 Å². The van der Waals surface area contributed by atoms with Gasteiger partial charge in [0.05, 0.1) is 33.5 Å². The molecule has 26 heavy (non-hydrogen) atoms. The molecule has 8 heteroatoms. The first-order chi connectivity index (χ1) is 12.6. The van der Waals surface area contributed by atoms with Crippen LogP contribution in [0.1, 0.15) is 30.4 Å². The highest BCUT2D eigenvalue weighted by atomic mass is 35.5. The van der Waals surface area contributed by atoms with Crippen molar-refractivity contribution in [1.29, 1.82) is 0 Å². The molecular weight excluding hydrogens is 374 g/mol. The molecular formula is C18H10ClN3O3S. The number of imide groups is 1. The van der Waals surface area contributed by atoms with Crippen molar-refractivity contribution >= 4 is 52.0 Å². The van der Waals surface area contributed by atoms with Gasteiger partial charge in [0.25, 0.3) is 17.7 Å². The van der Waals surface area contributed by atoms with E-state index in [9.17, 15) is 14.4 Å². The van der Waals surface area contributed by atoms with Crippen molar-refractivity contribution in [2.75, 3.05) is 10.2 Å². The summed E-state index contributed by atoms with van der Waals surface area (Å²) >= 11 is 7.50. The summed E-state index contributed by atoms with van der Waals surface area (Å²) in [5.74, 6) is -1.15. The summed E-state index contributed by atoms with van der Waals surface area (Å²) < 4.78 is 0. The summed E-state index contributed by atoms with van der Waals surface area (Å²) in [7, 11) is 0. The zero-order chi connectivity index (χ0) is 18.3. The van der Waals surface area contributed by atoms with Crippen molar-refractivity contribution in [3.05, 3.63) is 75.2 Å². The molecule has 0 atom stereocenters. The van der Waals surface area contributed by atoms with Gasteiger partial charge in [-0.25, -0.2) is 4.90 Å². The van der Waals surface area contributed by atoms with Crippen molar-refractivity contribution in [1.82, 2.24) is 4.98 Å². The molecule has 0 saturated carbocycles. The molecule has 3 amide bonds. The van der Waals surface area contributed by atoms with Crippen molar-refractivity contribution in [3.8, 4) is 0 Å². The first-order valence-electron chi connectivity index (χ1n) is 7.53. The number of hydrogen-bond acceptors (Lipinski definition) is 5. The zero-order valence-electron chi connectivity index (χ0n) is 13.1. The Bertz CT molecular complexity index is 1010. The number of carbonyl (C=O) groups is 3. The minimum atomic E-state index is -0.422. The molecule has 0 saturated heterocycles. The van der Waals surface area contributed by atoms with E-state index < -0.39 is 11.8 Å². The van der Waals surface area contributed by atoms with Crippen LogP contribution in [0.15, 0.2) is 54.2 Å². The largest absolute Gasteiger partial charge is 0.321 e. The van der Waals surface area contributed by atoms with Gasteiger partial charge in [0.15, 0.2) is 0 Å². The molecule has 0 unspecified atom stereocenters. The Morgan fingerprint density at radius 3 is 2.35 bits per heavy atom. The number of anilines is 2. The third kappa shape index (κ3) is 2.67. The average molecular weight is 384 g/mol. The van der Waals surface area contributed by atoms with Gasteiger partial charge < -0.3 is 5.32 Å². The van der Waals surface area contributed by atoms with Gasteiger partial charge in [0, 0.05) is 5.69 Å². The van der Waals surface area contributed by atoms with E-state index >= 15 is 0 Å². The second kappa shape index (κ2) is 6.36. The van der Waals surface area contributed by atoms with Crippen LogP contribution in [0.2, 0.25) is 5.02 Å². The Morgan fingerprint density at radius 1 is 1.08 bits per heavy atom. The SMILES string of the molecule is O=C(Nc1ccc(N2C(=O)c3ccccc3C2=O)c(Cl)c1)c1cncs1. The van der Waals surface area contributed by atoms with E-state index in [0.29, 0.717) is 21.7 Å². The maximum atomic E-state index is 12.5. The topological polar surface area (TPSA) is 79.4 Å². The third-order valence-electron chi connectivity index (χ3n) is 3.90. The van der Waals surface area contributed by atoms with Crippen LogP contribution >= 0.6 is 22.9 Å². The number of fused-ring (bicyclic) bond motifs is 1. The first kappa shape index (κ1) is 16.4. The molecule has 0 radical (unpaired) electrons. The summed E-state index contributed by atoms with van der Waals surface area (Å²) in [4.78, 5) is 42.5. The molecule has 2 heterocycles. The van der Waals surface area contributed by atoms with Crippen LogP contribution in [0.5, 0.6) is 0 Å². The highest BCUT2D eigenvalue weighted by molar-refractivity contribution is 7.11. The number of carbonyl (C=O) groups excluding carboxylic acids is 3. The number of rotatable bonds is 3. The lowest BCUT2D eigenvalue weighted by molar-refractivity contribution is 0.0924. The molecule has 1 aliphatic rings. The normalized spacial score (nSPS) is 13.0. The Labute approximate surface area is 157 Å². The monoisotopic (exact) mass is 383 g/mol. The summed E-state index contributed by atoms with van der Waals surface area (Å²) in [6, 6.07) is 11.2. The van der Waals surface area contributed by atoms with E-state index in [-0.39, 0.29) is 16.6 Å². The minimum Gasteiger partial charge on any atom is -0.321 e. The van der Waals surface area contributed by atoms with Gasteiger partial charge in [0.1, 0.15) is 4.88 Å². The highest BCUT2D eigenvalue weighted by Crippen LogP contribution is 2.34. The van der Waals surface area contributed by atoms with E-state index in [1.807, 2.05) is 0 Å². The smallest absolute Gasteiger partial charge is 0.267 e. The lowest BCUT2D eigenvalue weighted by Gasteiger charge is -2.16. The van der Waals surface area contributed by atoms with Crippen LogP contribution in [0.25, 0.3) is 0 Å². The van der Waals surface area contributed by atoms with Crippen molar-refractivity contribution in [2.45, 2.75) is 0 Å². The predicted octanol–water partition coefficient (Wildman–Crippen LogP) is 3.85. The molecule has 1 aliphatic heterocycles. The molecule has 128 valence electrons. The maximum absolute atomic E-state index is 12.5. The Balaban J connectivity index is 1.62. The lowest BCUT2D eigenvalue weighted by atomic mass is 10.1. The molecule has 0 bridgehead atoms. The molecule has 3 aromatic rings. The molecule has 1 N–H and O–H groups in total. The van der Waals surface area contributed by atoms with Gasteiger partial charge in [0.2, 0.25) is 0 Å². The molecule has 0 spiro atoms. The summed E-state index contributed by atoms with van der Waals surface area (Å²) in [6.45, 7) is 0. The minimum absolute atomic E-state index is 0.182. The van der Waals surface area contributed by atoms with E-state index in [0.717, 1.165) is 4.90 Å². The number of nitrogens with one attached hydrogen (secondary N) is 1. The van der Waals surface area contributed by atoms with E-state index in [4.69, 9.17) is 11.6 Å². The predicted molar refractivity (Wildman–Crippen MR) is 99.1 cm³/mol. The second-order valence-corrected chi connectivity index (χ2v) is 6.77. The van der Waals surface area contributed by atoms with Crippen LogP contribution < -0.4 is 10.2 Å².